The van der Waals surface area contributed by atoms with Gasteiger partial charge in [-0.05, 0) is 35.9 Å². The Morgan fingerprint density at radius 3 is 2.41 bits per heavy atom. The first kappa shape index (κ1) is 14.9. The van der Waals surface area contributed by atoms with Crippen molar-refractivity contribution >= 4 is 40.4 Å². The molecule has 1 aliphatic rings. The highest BCUT2D eigenvalue weighted by molar-refractivity contribution is 8.19. The van der Waals surface area contributed by atoms with Crippen LogP contribution >= 0.6 is 23.4 Å². The third-order valence-electron chi connectivity index (χ3n) is 3.13. The van der Waals surface area contributed by atoms with Crippen molar-refractivity contribution in [3.8, 4) is 5.75 Å². The number of carbonyl (C=O) groups is 1. The van der Waals surface area contributed by atoms with Gasteiger partial charge in [0.2, 0.25) is 0 Å². The van der Waals surface area contributed by atoms with Gasteiger partial charge in [0.1, 0.15) is 10.8 Å². The van der Waals surface area contributed by atoms with Crippen LogP contribution < -0.4 is 4.74 Å². The summed E-state index contributed by atoms with van der Waals surface area (Å²) >= 11 is 7.24. The quantitative estimate of drug-likeness (QED) is 0.783. The largest absolute Gasteiger partial charge is 0.497 e. The maximum Gasteiger partial charge on any atom is 0.284 e. The van der Waals surface area contributed by atoms with Crippen LogP contribution in [-0.4, -0.2) is 18.1 Å². The highest BCUT2D eigenvalue weighted by Crippen LogP contribution is 2.32. The highest BCUT2D eigenvalue weighted by atomic mass is 35.5. The van der Waals surface area contributed by atoms with E-state index < -0.39 is 0 Å². The van der Waals surface area contributed by atoms with E-state index in [0.29, 0.717) is 15.0 Å². The molecular weight excluding hydrogens is 318 g/mol. The number of aliphatic imine (C=N–C) groups is 1. The van der Waals surface area contributed by atoms with Gasteiger partial charge in [-0.2, -0.15) is 0 Å². The number of rotatable bonds is 3. The summed E-state index contributed by atoms with van der Waals surface area (Å²) in [4.78, 5) is 16.7. The average molecular weight is 330 g/mol. The molecule has 5 heteroatoms. The molecule has 22 heavy (non-hydrogen) atoms. The van der Waals surface area contributed by atoms with Gasteiger partial charge >= 0.3 is 0 Å². The SMILES string of the molecule is COc1ccc(/C=C2/SC(c3ccc(Cl)cc3)=NC2=O)cc1. The van der Waals surface area contributed by atoms with Gasteiger partial charge in [-0.3, -0.25) is 4.79 Å². The summed E-state index contributed by atoms with van der Waals surface area (Å²) in [7, 11) is 1.62. The first-order chi connectivity index (χ1) is 10.7. The molecule has 3 nitrogen and oxygen atoms in total. The molecule has 0 fully saturated rings. The van der Waals surface area contributed by atoms with Crippen LogP contribution in [0.3, 0.4) is 0 Å². The van der Waals surface area contributed by atoms with Crippen LogP contribution in [0.4, 0.5) is 0 Å². The fourth-order valence-corrected chi connectivity index (χ4v) is 3.02. The first-order valence-corrected chi connectivity index (χ1v) is 7.78. The summed E-state index contributed by atoms with van der Waals surface area (Å²) in [5, 5.41) is 1.36. The Bertz CT molecular complexity index is 764. The van der Waals surface area contributed by atoms with Gasteiger partial charge in [-0.1, -0.05) is 47.6 Å². The van der Waals surface area contributed by atoms with Crippen molar-refractivity contribution in [3.63, 3.8) is 0 Å². The molecule has 0 radical (unpaired) electrons. The summed E-state index contributed by atoms with van der Waals surface area (Å²) in [6.45, 7) is 0. The number of benzene rings is 2. The molecule has 0 N–H and O–H groups in total. The maximum absolute atomic E-state index is 12.0. The van der Waals surface area contributed by atoms with Gasteiger partial charge in [0, 0.05) is 10.6 Å². The second-order valence-electron chi connectivity index (χ2n) is 4.61. The minimum Gasteiger partial charge on any atom is -0.497 e. The van der Waals surface area contributed by atoms with Crippen molar-refractivity contribution in [3.05, 3.63) is 69.6 Å². The summed E-state index contributed by atoms with van der Waals surface area (Å²) < 4.78 is 5.12. The Kier molecular flexibility index (Phi) is 4.32. The third kappa shape index (κ3) is 3.24. The molecule has 1 amide bonds. The molecule has 0 aliphatic carbocycles. The number of thioether (sulfide) groups is 1. The topological polar surface area (TPSA) is 38.7 Å². The Morgan fingerprint density at radius 1 is 1.09 bits per heavy atom. The van der Waals surface area contributed by atoms with E-state index in [4.69, 9.17) is 16.3 Å². The van der Waals surface area contributed by atoms with E-state index in [1.807, 2.05) is 42.5 Å². The van der Waals surface area contributed by atoms with E-state index in [9.17, 15) is 4.79 Å². The van der Waals surface area contributed by atoms with Gasteiger partial charge in [0.25, 0.3) is 5.91 Å². The van der Waals surface area contributed by atoms with Crippen molar-refractivity contribution in [2.24, 2.45) is 4.99 Å². The number of halogens is 1. The molecule has 2 aromatic carbocycles. The summed E-state index contributed by atoms with van der Waals surface area (Å²) in [6, 6.07) is 14.8. The second-order valence-corrected chi connectivity index (χ2v) is 6.08. The monoisotopic (exact) mass is 329 g/mol. The summed E-state index contributed by atoms with van der Waals surface area (Å²) in [5.41, 5.74) is 1.82. The van der Waals surface area contributed by atoms with Crippen LogP contribution in [0.5, 0.6) is 5.75 Å². The molecule has 0 unspecified atom stereocenters. The zero-order valence-corrected chi connectivity index (χ0v) is 13.3. The van der Waals surface area contributed by atoms with Gasteiger partial charge in [0.05, 0.1) is 12.0 Å². The van der Waals surface area contributed by atoms with Crippen molar-refractivity contribution in [2.45, 2.75) is 0 Å². The van der Waals surface area contributed by atoms with E-state index in [1.165, 1.54) is 11.8 Å². The van der Waals surface area contributed by atoms with Crippen molar-refractivity contribution in [1.29, 1.82) is 0 Å². The molecule has 1 aliphatic heterocycles. The molecule has 0 saturated heterocycles. The number of methoxy groups -OCH3 is 1. The lowest BCUT2D eigenvalue weighted by Crippen LogP contribution is -1.90. The van der Waals surface area contributed by atoms with E-state index in [1.54, 1.807) is 19.2 Å². The number of hydrogen-bond donors (Lipinski definition) is 0. The predicted octanol–water partition coefficient (Wildman–Crippen LogP) is 4.41. The van der Waals surface area contributed by atoms with Crippen molar-refractivity contribution in [2.75, 3.05) is 7.11 Å². The molecule has 1 heterocycles. The lowest BCUT2D eigenvalue weighted by atomic mass is 10.2. The molecule has 0 atom stereocenters. The fraction of sp³-hybridized carbons (Fsp3) is 0.0588. The standard InChI is InChI=1S/C17H12ClNO2S/c1-21-14-8-2-11(3-9-14)10-15-16(20)19-17(22-15)12-4-6-13(18)7-5-12/h2-10H,1H3/b15-10+. The van der Waals surface area contributed by atoms with Crippen molar-refractivity contribution < 1.29 is 9.53 Å². The maximum atomic E-state index is 12.0. The predicted molar refractivity (Wildman–Crippen MR) is 91.6 cm³/mol. The van der Waals surface area contributed by atoms with Gasteiger partial charge in [-0.15, -0.1) is 0 Å². The Labute approximate surface area is 137 Å². The second kappa shape index (κ2) is 6.38. The molecule has 110 valence electrons. The van der Waals surface area contributed by atoms with Gasteiger partial charge in [0.15, 0.2) is 0 Å². The van der Waals surface area contributed by atoms with Gasteiger partial charge < -0.3 is 4.74 Å². The number of nitrogens with zero attached hydrogens (tertiary/aromatic N) is 1. The molecule has 0 spiro atoms. The third-order valence-corrected chi connectivity index (χ3v) is 4.41. The van der Waals surface area contributed by atoms with Crippen LogP contribution in [0.15, 0.2) is 58.4 Å². The molecule has 0 saturated carbocycles. The zero-order valence-electron chi connectivity index (χ0n) is 11.7. The molecule has 0 aromatic heterocycles. The van der Waals surface area contributed by atoms with E-state index in [2.05, 4.69) is 4.99 Å². The summed E-state index contributed by atoms with van der Waals surface area (Å²) in [6.07, 6.45) is 1.83. The summed E-state index contributed by atoms with van der Waals surface area (Å²) in [5.74, 6) is 0.566. The minimum absolute atomic E-state index is 0.217. The average Bonchev–Trinajstić information content (AvgIpc) is 2.90. The lowest BCUT2D eigenvalue weighted by Gasteiger charge is -2.01. The molecule has 3 rings (SSSR count). The Morgan fingerprint density at radius 2 is 1.77 bits per heavy atom. The minimum atomic E-state index is -0.217. The van der Waals surface area contributed by atoms with E-state index in [-0.39, 0.29) is 5.91 Å². The Balaban J connectivity index is 1.81. The number of amides is 1. The lowest BCUT2D eigenvalue weighted by molar-refractivity contribution is -0.113. The van der Waals surface area contributed by atoms with Crippen molar-refractivity contribution in [1.82, 2.24) is 0 Å². The molecule has 2 aromatic rings. The normalized spacial score (nSPS) is 16.0. The molecule has 0 bridgehead atoms. The van der Waals surface area contributed by atoms with Crippen LogP contribution in [0.1, 0.15) is 11.1 Å². The first-order valence-electron chi connectivity index (χ1n) is 6.58. The van der Waals surface area contributed by atoms with Crippen LogP contribution in [0.25, 0.3) is 6.08 Å². The fourth-order valence-electron chi connectivity index (χ4n) is 1.98. The Hall–Kier alpha value is -2.04. The number of carbonyl (C=O) groups excluding carboxylic acids is 1. The molecular formula is C17H12ClNO2S. The highest BCUT2D eigenvalue weighted by Gasteiger charge is 2.22. The van der Waals surface area contributed by atoms with Gasteiger partial charge in [-0.25, -0.2) is 4.99 Å². The van der Waals surface area contributed by atoms with Crippen LogP contribution in [0.2, 0.25) is 5.02 Å². The van der Waals surface area contributed by atoms with Crippen LogP contribution in [0, 0.1) is 0 Å². The van der Waals surface area contributed by atoms with Crippen LogP contribution in [-0.2, 0) is 4.79 Å². The zero-order chi connectivity index (χ0) is 15.5. The number of ether oxygens (including phenoxy) is 1. The van der Waals surface area contributed by atoms with E-state index in [0.717, 1.165) is 16.9 Å². The van der Waals surface area contributed by atoms with E-state index >= 15 is 0 Å². The smallest absolute Gasteiger partial charge is 0.284 e. The number of hydrogen-bond acceptors (Lipinski definition) is 3.